The largest absolute Gasteiger partial charge is 0.488 e. The van der Waals surface area contributed by atoms with E-state index in [4.69, 9.17) is 5.73 Å². The van der Waals surface area contributed by atoms with Gasteiger partial charge in [0.15, 0.2) is 0 Å². The van der Waals surface area contributed by atoms with Crippen molar-refractivity contribution in [2.75, 3.05) is 20.1 Å². The summed E-state index contributed by atoms with van der Waals surface area (Å²) in [5.41, 5.74) is 6.36. The number of halogens is 1. The molecule has 0 aliphatic carbocycles. The number of primary amides is 1. The molecule has 4 atom stereocenters. The first-order chi connectivity index (χ1) is 20.8. The first-order valence-corrected chi connectivity index (χ1v) is 15.0. The van der Waals surface area contributed by atoms with E-state index >= 15 is 0 Å². The average molecular weight is 635 g/mol. The summed E-state index contributed by atoms with van der Waals surface area (Å²) in [6, 6.07) is 9.53. The molecule has 1 aliphatic rings. The van der Waals surface area contributed by atoms with Crippen LogP contribution in [0.15, 0.2) is 54.6 Å². The Morgan fingerprint density at radius 3 is 2.27 bits per heavy atom. The zero-order valence-corrected chi connectivity index (χ0v) is 24.9. The summed E-state index contributed by atoms with van der Waals surface area (Å²) in [4.78, 5) is 65.9. The van der Waals surface area contributed by atoms with E-state index in [1.807, 2.05) is 6.07 Å². The van der Waals surface area contributed by atoms with Crippen molar-refractivity contribution >= 4 is 40.0 Å². The van der Waals surface area contributed by atoms with E-state index in [2.05, 4.69) is 25.5 Å². The van der Waals surface area contributed by atoms with Crippen molar-refractivity contribution < 1.29 is 40.5 Å². The van der Waals surface area contributed by atoms with Crippen molar-refractivity contribution in [2.45, 2.75) is 50.4 Å². The Bertz CT molecular complexity index is 1460. The van der Waals surface area contributed by atoms with E-state index < -0.39 is 64.2 Å². The molecule has 0 spiro atoms. The maximum atomic E-state index is 13.7. The zero-order valence-electron chi connectivity index (χ0n) is 24.1. The average Bonchev–Trinajstić information content (AvgIpc) is 3.48. The number of carbonyl (C=O) groups is 5. The van der Waals surface area contributed by atoms with E-state index in [1.165, 1.54) is 17.0 Å². The summed E-state index contributed by atoms with van der Waals surface area (Å²) in [5, 5.41) is 10.5. The SMILES string of the molecule is CN[C@@H](C)C(=O)N[C@@H](CNC(=O)c1ccc(OS(=O)(=O)F)cc1)C(=O)N1CCC[C@H]1C(=O)N[C@@H](Cc1ccccc1)C(N)=O. The number of nitrogens with one attached hydrogen (secondary N) is 4. The highest BCUT2D eigenvalue weighted by atomic mass is 32.3. The van der Waals surface area contributed by atoms with E-state index in [0.717, 1.165) is 17.7 Å². The monoisotopic (exact) mass is 634 g/mol. The predicted molar refractivity (Wildman–Crippen MR) is 156 cm³/mol. The molecule has 1 fully saturated rings. The number of likely N-dealkylation sites (tertiary alicyclic amines) is 1. The number of nitrogens with zero attached hydrogens (tertiary/aromatic N) is 1. The molecule has 16 heteroatoms. The summed E-state index contributed by atoms with van der Waals surface area (Å²) >= 11 is 0. The Balaban J connectivity index is 1.73. The zero-order chi connectivity index (χ0) is 32.4. The molecule has 3 rings (SSSR count). The van der Waals surface area contributed by atoms with Gasteiger partial charge in [-0.3, -0.25) is 24.0 Å². The lowest BCUT2D eigenvalue weighted by atomic mass is 10.0. The second-order valence-corrected chi connectivity index (χ2v) is 11.1. The van der Waals surface area contributed by atoms with Gasteiger partial charge in [-0.05, 0) is 56.6 Å². The Hall–Kier alpha value is -4.57. The Kier molecular flexibility index (Phi) is 11.8. The first kappa shape index (κ1) is 33.9. The minimum atomic E-state index is -5.25. The molecule has 238 valence electrons. The maximum absolute atomic E-state index is 13.7. The smallest absolute Gasteiger partial charge is 0.368 e. The fourth-order valence-electron chi connectivity index (χ4n) is 4.55. The summed E-state index contributed by atoms with van der Waals surface area (Å²) < 4.78 is 38.2. The molecule has 1 saturated heterocycles. The molecule has 0 unspecified atom stereocenters. The van der Waals surface area contributed by atoms with Gasteiger partial charge in [0.1, 0.15) is 23.9 Å². The van der Waals surface area contributed by atoms with Crippen LogP contribution >= 0.6 is 0 Å². The Labute approximate surface area is 254 Å². The fourth-order valence-corrected chi connectivity index (χ4v) is 4.89. The highest BCUT2D eigenvalue weighted by Crippen LogP contribution is 2.20. The minimum absolute atomic E-state index is 0.0315. The van der Waals surface area contributed by atoms with E-state index in [1.54, 1.807) is 38.2 Å². The number of carbonyl (C=O) groups excluding carboxylic acids is 5. The van der Waals surface area contributed by atoms with Crippen LogP contribution in [-0.4, -0.2) is 87.2 Å². The standard InChI is InChI=1S/C28H35FN6O8S/c1-17(31-2)25(37)34-22(16-32-26(38)19-10-12-20(13-11-19)43-44(29,41)42)28(40)35-14-6-9-23(35)27(39)33-21(24(30)36)15-18-7-4-3-5-8-18/h3-5,7-8,10-13,17,21-23,31H,6,9,14-16H2,1-2H3,(H2,30,36)(H,32,38)(H,33,39)(H,34,37)/t17-,21-,22-,23-/m0/s1. The third-order valence-electron chi connectivity index (χ3n) is 7.00. The van der Waals surface area contributed by atoms with Crippen molar-refractivity contribution in [3.05, 3.63) is 65.7 Å². The normalized spacial score (nSPS) is 16.7. The number of amides is 5. The van der Waals surface area contributed by atoms with Gasteiger partial charge < -0.3 is 36.1 Å². The molecule has 6 N–H and O–H groups in total. The van der Waals surface area contributed by atoms with Gasteiger partial charge in [-0.1, -0.05) is 34.2 Å². The first-order valence-electron chi connectivity index (χ1n) is 13.7. The summed E-state index contributed by atoms with van der Waals surface area (Å²) in [6.45, 7) is 1.40. The highest BCUT2D eigenvalue weighted by molar-refractivity contribution is 7.81. The molecule has 0 aromatic heterocycles. The van der Waals surface area contributed by atoms with Crippen LogP contribution in [0.1, 0.15) is 35.7 Å². The molecule has 2 aromatic carbocycles. The number of hydrogen-bond acceptors (Lipinski definition) is 9. The molecular formula is C28H35FN6O8S. The number of nitrogens with two attached hydrogens (primary N) is 1. The van der Waals surface area contributed by atoms with Crippen molar-refractivity contribution in [3.63, 3.8) is 0 Å². The molecule has 0 bridgehead atoms. The van der Waals surface area contributed by atoms with Gasteiger partial charge in [-0.2, -0.15) is 8.42 Å². The third-order valence-corrected chi connectivity index (χ3v) is 7.39. The number of likely N-dealkylation sites (N-methyl/N-ethyl adjacent to an activating group) is 1. The summed E-state index contributed by atoms with van der Waals surface area (Å²) in [5.74, 6) is -3.52. The van der Waals surface area contributed by atoms with Crippen LogP contribution in [-0.2, 0) is 36.1 Å². The number of hydrogen-bond donors (Lipinski definition) is 5. The summed E-state index contributed by atoms with van der Waals surface area (Å²) in [7, 11) is -3.69. The van der Waals surface area contributed by atoms with E-state index in [9.17, 15) is 36.3 Å². The van der Waals surface area contributed by atoms with Gasteiger partial charge in [0, 0.05) is 25.1 Å². The van der Waals surface area contributed by atoms with Gasteiger partial charge >= 0.3 is 10.5 Å². The van der Waals surface area contributed by atoms with Gasteiger partial charge in [0.05, 0.1) is 6.04 Å². The molecule has 44 heavy (non-hydrogen) atoms. The molecule has 0 radical (unpaired) electrons. The van der Waals surface area contributed by atoms with Gasteiger partial charge in [0.25, 0.3) is 5.91 Å². The van der Waals surface area contributed by atoms with Gasteiger partial charge in [-0.25, -0.2) is 0 Å². The Morgan fingerprint density at radius 1 is 1.02 bits per heavy atom. The molecule has 5 amide bonds. The van der Waals surface area contributed by atoms with E-state index in [-0.39, 0.29) is 30.8 Å². The molecule has 2 aromatic rings. The highest BCUT2D eigenvalue weighted by Gasteiger charge is 2.39. The third kappa shape index (κ3) is 9.74. The van der Waals surface area contributed by atoms with Gasteiger partial charge in [0.2, 0.25) is 23.6 Å². The maximum Gasteiger partial charge on any atom is 0.488 e. The topological polar surface area (TPSA) is 206 Å². The van der Waals surface area contributed by atoms with Gasteiger partial charge in [-0.15, -0.1) is 0 Å². The van der Waals surface area contributed by atoms with Crippen molar-refractivity contribution in [1.82, 2.24) is 26.2 Å². The van der Waals surface area contributed by atoms with Crippen LogP contribution in [0.3, 0.4) is 0 Å². The number of benzene rings is 2. The second-order valence-electron chi connectivity index (χ2n) is 10.1. The van der Waals surface area contributed by atoms with Crippen molar-refractivity contribution in [1.29, 1.82) is 0 Å². The lowest BCUT2D eigenvalue weighted by Gasteiger charge is -2.30. The fraction of sp³-hybridized carbons (Fsp3) is 0.393. The van der Waals surface area contributed by atoms with Crippen LogP contribution < -0.4 is 31.2 Å². The summed E-state index contributed by atoms with van der Waals surface area (Å²) in [6.07, 6.45) is 0.940. The Morgan fingerprint density at radius 2 is 1.68 bits per heavy atom. The van der Waals surface area contributed by atoms with Crippen LogP contribution in [0.2, 0.25) is 0 Å². The van der Waals surface area contributed by atoms with Crippen LogP contribution in [0.4, 0.5) is 3.89 Å². The molecule has 14 nitrogen and oxygen atoms in total. The molecule has 0 saturated carbocycles. The van der Waals surface area contributed by atoms with Crippen LogP contribution in [0.5, 0.6) is 5.75 Å². The van der Waals surface area contributed by atoms with Crippen molar-refractivity contribution in [2.24, 2.45) is 5.73 Å². The molecule has 1 aliphatic heterocycles. The lowest BCUT2D eigenvalue weighted by Crippen LogP contribution is -2.59. The lowest BCUT2D eigenvalue weighted by molar-refractivity contribution is -0.142. The van der Waals surface area contributed by atoms with Crippen molar-refractivity contribution in [3.8, 4) is 5.75 Å². The molecule has 1 heterocycles. The number of rotatable bonds is 14. The van der Waals surface area contributed by atoms with E-state index in [0.29, 0.717) is 12.8 Å². The quantitative estimate of drug-likeness (QED) is 0.167. The minimum Gasteiger partial charge on any atom is -0.368 e. The second kappa shape index (κ2) is 15.2. The van der Waals surface area contributed by atoms with Crippen LogP contribution in [0.25, 0.3) is 0 Å². The predicted octanol–water partition coefficient (Wildman–Crippen LogP) is -0.694. The molecular weight excluding hydrogens is 599 g/mol. The van der Waals surface area contributed by atoms with Crippen LogP contribution in [0, 0.1) is 0 Å².